The summed E-state index contributed by atoms with van der Waals surface area (Å²) in [4.78, 5) is 8.54. The van der Waals surface area contributed by atoms with Crippen LogP contribution in [0.2, 0.25) is 5.02 Å². The molecule has 0 aliphatic heterocycles. The van der Waals surface area contributed by atoms with Crippen molar-refractivity contribution in [3.05, 3.63) is 51.4 Å². The van der Waals surface area contributed by atoms with Crippen LogP contribution < -0.4 is 0 Å². The van der Waals surface area contributed by atoms with Gasteiger partial charge in [-0.1, -0.05) is 11.6 Å². The number of aryl methyl sites for hydroxylation is 2. The van der Waals surface area contributed by atoms with Gasteiger partial charge in [-0.2, -0.15) is 0 Å². The molecular weight excluding hydrogens is 336 g/mol. The Hall–Kier alpha value is -1.69. The largest absolute Gasteiger partial charge is 0.508 e. The first-order valence-corrected chi connectivity index (χ1v) is 8.61. The number of thiazole rings is 2. The molecule has 6 heteroatoms. The second-order valence-corrected chi connectivity index (χ2v) is 7.64. The molecule has 4 rings (SSSR count). The number of phenolic OH excluding ortho intramolecular Hbond substituents is 1. The van der Waals surface area contributed by atoms with Crippen LogP contribution in [-0.4, -0.2) is 15.1 Å². The quantitative estimate of drug-likeness (QED) is 0.452. The zero-order valence-electron chi connectivity index (χ0n) is 12.0. The molecular formula is C16H13ClN2OS2. The van der Waals surface area contributed by atoms with Crippen LogP contribution in [0.15, 0.2) is 36.4 Å². The van der Waals surface area contributed by atoms with E-state index in [1.165, 1.54) is 4.70 Å². The fraction of sp³-hybridized carbons (Fsp3) is 0.125. The van der Waals surface area contributed by atoms with Crippen molar-refractivity contribution >= 4 is 54.7 Å². The molecule has 0 unspecified atom stereocenters. The maximum absolute atomic E-state index is 9.10. The molecule has 2 aromatic heterocycles. The van der Waals surface area contributed by atoms with Crippen LogP contribution >= 0.6 is 34.3 Å². The van der Waals surface area contributed by atoms with E-state index in [0.29, 0.717) is 0 Å². The van der Waals surface area contributed by atoms with Crippen molar-refractivity contribution in [2.75, 3.05) is 0 Å². The topological polar surface area (TPSA) is 46.0 Å². The number of hydrogen-bond acceptors (Lipinski definition) is 5. The highest BCUT2D eigenvalue weighted by atomic mass is 35.5. The second-order valence-electron chi connectivity index (χ2n) is 4.73. The summed E-state index contributed by atoms with van der Waals surface area (Å²) in [5.41, 5.74) is 1.88. The number of nitrogens with zero attached hydrogens (tertiary/aromatic N) is 2. The lowest BCUT2D eigenvalue weighted by molar-refractivity contribution is 0.476. The number of benzene rings is 2. The van der Waals surface area contributed by atoms with E-state index in [0.717, 1.165) is 30.8 Å². The van der Waals surface area contributed by atoms with Gasteiger partial charge < -0.3 is 5.11 Å². The predicted molar refractivity (Wildman–Crippen MR) is 95.4 cm³/mol. The van der Waals surface area contributed by atoms with Gasteiger partial charge in [0.2, 0.25) is 0 Å². The van der Waals surface area contributed by atoms with Crippen LogP contribution in [0.25, 0.3) is 20.4 Å². The first kappa shape index (κ1) is 15.2. The fourth-order valence-corrected chi connectivity index (χ4v) is 3.83. The third-order valence-corrected chi connectivity index (χ3v) is 5.07. The second kappa shape index (κ2) is 6.20. The lowest BCUT2D eigenvalue weighted by atomic mass is 10.3. The van der Waals surface area contributed by atoms with Gasteiger partial charge in [-0.05, 0) is 44.2 Å². The molecule has 0 saturated carbocycles. The minimum absolute atomic E-state index is 0.280. The minimum atomic E-state index is 0.280. The molecule has 4 aromatic rings. The lowest BCUT2D eigenvalue weighted by Gasteiger charge is -1.87. The maximum atomic E-state index is 9.10. The first-order chi connectivity index (χ1) is 10.5. The summed E-state index contributed by atoms with van der Waals surface area (Å²) in [6.45, 7) is 3.96. The van der Waals surface area contributed by atoms with E-state index in [9.17, 15) is 0 Å². The first-order valence-electron chi connectivity index (χ1n) is 6.60. The van der Waals surface area contributed by atoms with Crippen molar-refractivity contribution in [3.8, 4) is 5.75 Å². The summed E-state index contributed by atoms with van der Waals surface area (Å²) in [7, 11) is 0. The van der Waals surface area contributed by atoms with E-state index in [1.54, 1.807) is 34.8 Å². The Balaban J connectivity index is 0.000000131. The molecule has 3 nitrogen and oxygen atoms in total. The highest BCUT2D eigenvalue weighted by Gasteiger charge is 2.00. The summed E-state index contributed by atoms with van der Waals surface area (Å²) in [5, 5.41) is 12.0. The van der Waals surface area contributed by atoms with E-state index in [-0.39, 0.29) is 5.75 Å². The van der Waals surface area contributed by atoms with Crippen molar-refractivity contribution in [1.82, 2.24) is 9.97 Å². The Morgan fingerprint density at radius 2 is 1.41 bits per heavy atom. The molecule has 0 spiro atoms. The molecule has 0 radical (unpaired) electrons. The number of halogens is 1. The van der Waals surface area contributed by atoms with Gasteiger partial charge in [-0.25, -0.2) is 9.97 Å². The monoisotopic (exact) mass is 348 g/mol. The Morgan fingerprint density at radius 3 is 2.05 bits per heavy atom. The Morgan fingerprint density at radius 1 is 0.864 bits per heavy atom. The van der Waals surface area contributed by atoms with Crippen molar-refractivity contribution in [2.24, 2.45) is 0 Å². The van der Waals surface area contributed by atoms with Crippen LogP contribution in [0.5, 0.6) is 5.75 Å². The number of phenols is 1. The molecule has 1 N–H and O–H groups in total. The number of hydrogen-bond donors (Lipinski definition) is 1. The highest BCUT2D eigenvalue weighted by molar-refractivity contribution is 7.18. The summed E-state index contributed by atoms with van der Waals surface area (Å²) in [5.74, 6) is 0.280. The van der Waals surface area contributed by atoms with E-state index in [4.69, 9.17) is 16.7 Å². The average molecular weight is 349 g/mol. The molecule has 0 saturated heterocycles. The van der Waals surface area contributed by atoms with Crippen molar-refractivity contribution < 1.29 is 5.11 Å². The molecule has 0 aliphatic carbocycles. The molecule has 0 fully saturated rings. The zero-order valence-corrected chi connectivity index (χ0v) is 14.4. The SMILES string of the molecule is Cc1nc2cc(Cl)ccc2s1.Cc1nc2cc(O)ccc2s1. The number of fused-ring (bicyclic) bond motifs is 2. The van der Waals surface area contributed by atoms with Crippen LogP contribution in [0.1, 0.15) is 10.0 Å². The Bertz CT molecular complexity index is 868. The van der Waals surface area contributed by atoms with E-state index in [1.807, 2.05) is 38.1 Å². The number of aromatic hydroxyl groups is 1. The minimum Gasteiger partial charge on any atom is -0.508 e. The maximum Gasteiger partial charge on any atom is 0.117 e. The Labute approximate surface area is 140 Å². The van der Waals surface area contributed by atoms with Gasteiger partial charge in [-0.3, -0.25) is 0 Å². The molecule has 0 atom stereocenters. The van der Waals surface area contributed by atoms with Gasteiger partial charge in [0, 0.05) is 11.1 Å². The Kier molecular flexibility index (Phi) is 4.29. The number of aromatic nitrogens is 2. The summed E-state index contributed by atoms with van der Waals surface area (Å²) >= 11 is 9.12. The van der Waals surface area contributed by atoms with Crippen molar-refractivity contribution in [2.45, 2.75) is 13.8 Å². The van der Waals surface area contributed by atoms with Crippen LogP contribution in [-0.2, 0) is 0 Å². The molecule has 2 heterocycles. The smallest absolute Gasteiger partial charge is 0.117 e. The van der Waals surface area contributed by atoms with Crippen LogP contribution in [0, 0.1) is 13.8 Å². The molecule has 22 heavy (non-hydrogen) atoms. The molecule has 0 aliphatic rings. The normalized spacial score (nSPS) is 10.7. The predicted octanol–water partition coefficient (Wildman–Crippen LogP) is 5.57. The van der Waals surface area contributed by atoms with Gasteiger partial charge in [0.25, 0.3) is 0 Å². The molecule has 0 amide bonds. The lowest BCUT2D eigenvalue weighted by Crippen LogP contribution is -1.67. The summed E-state index contributed by atoms with van der Waals surface area (Å²) in [6.07, 6.45) is 0. The number of rotatable bonds is 0. The van der Waals surface area contributed by atoms with Gasteiger partial charge in [0.1, 0.15) is 5.75 Å². The van der Waals surface area contributed by atoms with E-state index < -0.39 is 0 Å². The van der Waals surface area contributed by atoms with Gasteiger partial charge in [-0.15, -0.1) is 22.7 Å². The van der Waals surface area contributed by atoms with Gasteiger partial charge in [0.05, 0.1) is 30.4 Å². The van der Waals surface area contributed by atoms with Crippen molar-refractivity contribution in [3.63, 3.8) is 0 Å². The van der Waals surface area contributed by atoms with Crippen molar-refractivity contribution in [1.29, 1.82) is 0 Å². The summed E-state index contributed by atoms with van der Waals surface area (Å²) in [6, 6.07) is 11.0. The standard InChI is InChI=1S/C8H6ClNS.C8H7NOS/c1-5-10-7-4-6(9)2-3-8(7)11-5;1-5-9-7-4-6(10)2-3-8(7)11-5/h2-4H,1H3;2-4,10H,1H3. The third kappa shape index (κ3) is 3.38. The highest BCUT2D eigenvalue weighted by Crippen LogP contribution is 2.25. The van der Waals surface area contributed by atoms with E-state index in [2.05, 4.69) is 9.97 Å². The fourth-order valence-electron chi connectivity index (χ4n) is 2.05. The van der Waals surface area contributed by atoms with E-state index >= 15 is 0 Å². The average Bonchev–Trinajstić information content (AvgIpc) is 2.99. The molecule has 2 aromatic carbocycles. The van der Waals surface area contributed by atoms with Crippen LogP contribution in [0.4, 0.5) is 0 Å². The molecule has 112 valence electrons. The van der Waals surface area contributed by atoms with Gasteiger partial charge in [0.15, 0.2) is 0 Å². The summed E-state index contributed by atoms with van der Waals surface area (Å²) < 4.78 is 2.33. The zero-order chi connectivity index (χ0) is 15.7. The molecule has 0 bridgehead atoms. The third-order valence-electron chi connectivity index (χ3n) is 2.93. The van der Waals surface area contributed by atoms with Crippen LogP contribution in [0.3, 0.4) is 0 Å². The van der Waals surface area contributed by atoms with Gasteiger partial charge >= 0.3 is 0 Å².